The number of amides is 1. The number of carbonyl (C=O) groups excluding carboxylic acids is 1. The highest BCUT2D eigenvalue weighted by Crippen LogP contribution is 2.17. The van der Waals surface area contributed by atoms with Crippen molar-refractivity contribution in [1.29, 1.82) is 0 Å². The van der Waals surface area contributed by atoms with Crippen LogP contribution in [-0.4, -0.2) is 16.0 Å². The quantitative estimate of drug-likeness (QED) is 0.777. The summed E-state index contributed by atoms with van der Waals surface area (Å²) in [5.74, 6) is -1.21. The molecule has 1 heterocycles. The zero-order chi connectivity index (χ0) is 16.9. The van der Waals surface area contributed by atoms with Crippen LogP contribution in [0.25, 0.3) is 11.4 Å². The first-order chi connectivity index (χ1) is 11.6. The van der Waals surface area contributed by atoms with Crippen molar-refractivity contribution in [1.82, 2.24) is 10.1 Å². The van der Waals surface area contributed by atoms with Gasteiger partial charge in [0.2, 0.25) is 17.6 Å². The molecule has 2 aromatic carbocycles. The molecule has 0 aliphatic rings. The van der Waals surface area contributed by atoms with Gasteiger partial charge in [-0.1, -0.05) is 35.5 Å². The van der Waals surface area contributed by atoms with Gasteiger partial charge in [0.25, 0.3) is 0 Å². The molecule has 0 unspecified atom stereocenters. The van der Waals surface area contributed by atoms with E-state index in [2.05, 4.69) is 15.5 Å². The van der Waals surface area contributed by atoms with E-state index >= 15 is 0 Å². The molecule has 0 atom stereocenters. The predicted octanol–water partition coefficient (Wildman–Crippen LogP) is 3.59. The van der Waals surface area contributed by atoms with Crippen molar-refractivity contribution in [3.05, 3.63) is 66.1 Å². The second-order valence-electron chi connectivity index (χ2n) is 5.05. The Morgan fingerprint density at radius 1 is 1.12 bits per heavy atom. The molecule has 7 heteroatoms. The number of hydrogen-bond donors (Lipinski definition) is 1. The Hall–Kier alpha value is -3.09. The third kappa shape index (κ3) is 3.81. The summed E-state index contributed by atoms with van der Waals surface area (Å²) in [4.78, 5) is 16.0. The third-order valence-corrected chi connectivity index (χ3v) is 3.27. The molecule has 0 aliphatic carbocycles. The van der Waals surface area contributed by atoms with Gasteiger partial charge in [-0.2, -0.15) is 4.98 Å². The van der Waals surface area contributed by atoms with Crippen molar-refractivity contribution in [2.75, 3.05) is 5.32 Å². The first-order valence-electron chi connectivity index (χ1n) is 7.25. The minimum absolute atomic E-state index is 0.0350. The fourth-order valence-corrected chi connectivity index (χ4v) is 2.08. The molecule has 0 aliphatic heterocycles. The van der Waals surface area contributed by atoms with E-state index in [-0.39, 0.29) is 18.5 Å². The summed E-state index contributed by atoms with van der Waals surface area (Å²) in [5, 5.41) is 6.23. The van der Waals surface area contributed by atoms with Crippen molar-refractivity contribution in [3.8, 4) is 11.4 Å². The van der Waals surface area contributed by atoms with Crippen LogP contribution >= 0.6 is 0 Å². The van der Waals surface area contributed by atoms with Crippen LogP contribution in [0.4, 0.5) is 14.5 Å². The van der Waals surface area contributed by atoms with Crippen molar-refractivity contribution >= 4 is 11.6 Å². The molecule has 24 heavy (non-hydrogen) atoms. The van der Waals surface area contributed by atoms with Gasteiger partial charge in [-0.15, -0.1) is 0 Å². The number of anilines is 1. The van der Waals surface area contributed by atoms with Crippen molar-refractivity contribution in [3.63, 3.8) is 0 Å². The third-order valence-electron chi connectivity index (χ3n) is 3.27. The SMILES string of the molecule is O=C(CCc1nc(-c2ccccc2)no1)Nc1ccc(F)cc1F. The lowest BCUT2D eigenvalue weighted by Crippen LogP contribution is -2.13. The molecular formula is C17H13F2N3O2. The van der Waals surface area contributed by atoms with Gasteiger partial charge in [0.1, 0.15) is 11.6 Å². The molecule has 0 spiro atoms. The van der Waals surface area contributed by atoms with Gasteiger partial charge in [0, 0.05) is 24.5 Å². The summed E-state index contributed by atoms with van der Waals surface area (Å²) in [6.45, 7) is 0. The van der Waals surface area contributed by atoms with E-state index in [0.717, 1.165) is 11.6 Å². The number of hydrogen-bond acceptors (Lipinski definition) is 4. The predicted molar refractivity (Wildman–Crippen MR) is 83.0 cm³/mol. The van der Waals surface area contributed by atoms with E-state index in [0.29, 0.717) is 17.8 Å². The van der Waals surface area contributed by atoms with Gasteiger partial charge in [-0.25, -0.2) is 8.78 Å². The van der Waals surface area contributed by atoms with E-state index < -0.39 is 17.5 Å². The van der Waals surface area contributed by atoms with E-state index in [1.165, 1.54) is 6.07 Å². The van der Waals surface area contributed by atoms with Crippen molar-refractivity contribution in [2.24, 2.45) is 0 Å². The number of halogens is 2. The van der Waals surface area contributed by atoms with Gasteiger partial charge in [-0.3, -0.25) is 4.79 Å². The minimum Gasteiger partial charge on any atom is -0.339 e. The number of rotatable bonds is 5. The zero-order valence-electron chi connectivity index (χ0n) is 12.5. The van der Waals surface area contributed by atoms with Gasteiger partial charge in [0.05, 0.1) is 5.69 Å². The molecule has 0 radical (unpaired) electrons. The van der Waals surface area contributed by atoms with Crippen LogP contribution in [-0.2, 0) is 11.2 Å². The first-order valence-corrected chi connectivity index (χ1v) is 7.25. The van der Waals surface area contributed by atoms with Gasteiger partial charge in [0.15, 0.2) is 0 Å². The molecule has 0 saturated heterocycles. The molecule has 122 valence electrons. The smallest absolute Gasteiger partial charge is 0.227 e. The van der Waals surface area contributed by atoms with Crippen LogP contribution in [0.5, 0.6) is 0 Å². The highest BCUT2D eigenvalue weighted by atomic mass is 19.1. The number of nitrogens with zero attached hydrogens (tertiary/aromatic N) is 2. The maximum absolute atomic E-state index is 13.5. The summed E-state index contributed by atoms with van der Waals surface area (Å²) < 4.78 is 31.4. The van der Waals surface area contributed by atoms with Crippen LogP contribution in [0, 0.1) is 11.6 Å². The van der Waals surface area contributed by atoms with Crippen LogP contribution in [0.1, 0.15) is 12.3 Å². The normalized spacial score (nSPS) is 10.6. The number of nitrogens with one attached hydrogen (secondary N) is 1. The van der Waals surface area contributed by atoms with Gasteiger partial charge in [-0.05, 0) is 12.1 Å². The maximum atomic E-state index is 13.5. The monoisotopic (exact) mass is 329 g/mol. The minimum atomic E-state index is -0.826. The molecule has 3 aromatic rings. The Bertz CT molecular complexity index is 850. The zero-order valence-corrected chi connectivity index (χ0v) is 12.5. The van der Waals surface area contributed by atoms with Gasteiger partial charge < -0.3 is 9.84 Å². The van der Waals surface area contributed by atoms with Crippen LogP contribution in [0.3, 0.4) is 0 Å². The Morgan fingerprint density at radius 2 is 1.92 bits per heavy atom. The van der Waals surface area contributed by atoms with E-state index in [1.807, 2.05) is 30.3 Å². The van der Waals surface area contributed by atoms with Crippen LogP contribution in [0.2, 0.25) is 0 Å². The van der Waals surface area contributed by atoms with Crippen molar-refractivity contribution < 1.29 is 18.1 Å². The topological polar surface area (TPSA) is 68.0 Å². The average molecular weight is 329 g/mol. The van der Waals surface area contributed by atoms with E-state index in [9.17, 15) is 13.6 Å². The molecule has 5 nitrogen and oxygen atoms in total. The Kier molecular flexibility index (Phi) is 4.60. The second kappa shape index (κ2) is 6.99. The summed E-state index contributed by atoms with van der Waals surface area (Å²) in [6, 6.07) is 12.2. The van der Waals surface area contributed by atoms with Crippen LogP contribution < -0.4 is 5.32 Å². The molecule has 0 fully saturated rings. The van der Waals surface area contributed by atoms with Crippen molar-refractivity contribution in [2.45, 2.75) is 12.8 Å². The molecule has 1 N–H and O–H groups in total. The van der Waals surface area contributed by atoms with E-state index in [1.54, 1.807) is 0 Å². The molecule has 1 amide bonds. The summed E-state index contributed by atoms with van der Waals surface area (Å²) >= 11 is 0. The molecule has 3 rings (SSSR count). The summed E-state index contributed by atoms with van der Waals surface area (Å²) in [5.41, 5.74) is 0.738. The number of aryl methyl sites for hydroxylation is 1. The Labute approximate surface area is 136 Å². The fraction of sp³-hybridized carbons (Fsp3) is 0.118. The summed E-state index contributed by atoms with van der Waals surface area (Å²) in [6.07, 6.45) is 0.252. The molecule has 0 bridgehead atoms. The standard InChI is InChI=1S/C17H13F2N3O2/c18-12-6-7-14(13(19)10-12)20-15(23)8-9-16-21-17(22-24-16)11-4-2-1-3-5-11/h1-7,10H,8-9H2,(H,20,23). The van der Waals surface area contributed by atoms with Gasteiger partial charge >= 0.3 is 0 Å². The Balaban J connectivity index is 1.58. The molecule has 0 saturated carbocycles. The highest BCUT2D eigenvalue weighted by Gasteiger charge is 2.12. The maximum Gasteiger partial charge on any atom is 0.227 e. The largest absolute Gasteiger partial charge is 0.339 e. The number of benzene rings is 2. The highest BCUT2D eigenvalue weighted by molar-refractivity contribution is 5.90. The van der Waals surface area contributed by atoms with Crippen LogP contribution in [0.15, 0.2) is 53.1 Å². The molecule has 1 aromatic heterocycles. The lowest BCUT2D eigenvalue weighted by molar-refractivity contribution is -0.116. The first kappa shape index (κ1) is 15.8. The second-order valence-corrected chi connectivity index (χ2v) is 5.05. The Morgan fingerprint density at radius 3 is 2.67 bits per heavy atom. The summed E-state index contributed by atoms with van der Waals surface area (Å²) in [7, 11) is 0. The molecular weight excluding hydrogens is 316 g/mol. The van der Waals surface area contributed by atoms with E-state index in [4.69, 9.17) is 4.52 Å². The number of carbonyl (C=O) groups is 1. The average Bonchev–Trinajstić information content (AvgIpc) is 3.05. The number of aromatic nitrogens is 2. The lowest BCUT2D eigenvalue weighted by atomic mass is 10.2. The lowest BCUT2D eigenvalue weighted by Gasteiger charge is -2.05. The fourth-order valence-electron chi connectivity index (χ4n) is 2.08.